The minimum absolute atomic E-state index is 0.0120. The highest BCUT2D eigenvalue weighted by atomic mass is 16.4. The summed E-state index contributed by atoms with van der Waals surface area (Å²) >= 11 is 0. The third kappa shape index (κ3) is 10.0. The summed E-state index contributed by atoms with van der Waals surface area (Å²) in [5.74, 6) is -3.84. The van der Waals surface area contributed by atoms with Gasteiger partial charge in [0.2, 0.25) is 17.7 Å². The molecule has 3 aromatic carbocycles. The number of benzene rings is 3. The standard InChI is InChI=1S/C30H34N4O9/c31-23(13-17-1-7-20(36)8-2-17)27(39)32-24(14-18-3-9-21(37)10-4-18)28(40)34-26(16-35)29(41)33-25(30(42)43)15-19-5-11-22(38)12-6-19/h1-12,23-26,35-38H,13-16,31H2,(H,32,39)(H,33,41)(H,34,40)(H,42,43). The second kappa shape index (κ2) is 15.2. The van der Waals surface area contributed by atoms with Crippen LogP contribution in [0, 0.1) is 0 Å². The van der Waals surface area contributed by atoms with E-state index in [0.717, 1.165) is 0 Å². The van der Waals surface area contributed by atoms with Gasteiger partial charge in [-0.15, -0.1) is 0 Å². The molecule has 3 amide bonds. The first-order valence-electron chi connectivity index (χ1n) is 13.3. The van der Waals surface area contributed by atoms with Crippen molar-refractivity contribution in [3.63, 3.8) is 0 Å². The van der Waals surface area contributed by atoms with Crippen LogP contribution in [0.25, 0.3) is 0 Å². The second-order valence-electron chi connectivity index (χ2n) is 9.92. The molecule has 3 aromatic rings. The van der Waals surface area contributed by atoms with E-state index in [1.165, 1.54) is 60.7 Å². The van der Waals surface area contributed by atoms with Crippen LogP contribution >= 0.6 is 0 Å². The van der Waals surface area contributed by atoms with Crippen LogP contribution in [0.4, 0.5) is 0 Å². The molecule has 0 heterocycles. The minimum atomic E-state index is -1.56. The molecule has 0 saturated carbocycles. The number of phenolic OH excluding ortho intramolecular Hbond substituents is 3. The Kier molecular flexibility index (Phi) is 11.4. The van der Waals surface area contributed by atoms with Crippen molar-refractivity contribution in [2.24, 2.45) is 5.73 Å². The minimum Gasteiger partial charge on any atom is -0.508 e. The van der Waals surface area contributed by atoms with Crippen molar-refractivity contribution in [2.75, 3.05) is 6.61 Å². The summed E-state index contributed by atoms with van der Waals surface area (Å²) in [6.45, 7) is -0.872. The molecule has 13 heteroatoms. The maximum absolute atomic E-state index is 13.3. The molecular formula is C30H34N4O9. The number of carboxylic acid groups (broad SMARTS) is 1. The zero-order valence-corrected chi connectivity index (χ0v) is 23.0. The molecule has 228 valence electrons. The monoisotopic (exact) mass is 594 g/mol. The summed E-state index contributed by atoms with van der Waals surface area (Å²) < 4.78 is 0. The number of rotatable bonds is 14. The van der Waals surface area contributed by atoms with E-state index < -0.39 is 54.5 Å². The van der Waals surface area contributed by atoms with E-state index in [1.54, 1.807) is 12.1 Å². The number of carbonyl (C=O) groups excluding carboxylic acids is 3. The summed E-state index contributed by atoms with van der Waals surface area (Å²) in [6, 6.07) is 12.4. The number of carbonyl (C=O) groups is 4. The van der Waals surface area contributed by atoms with Crippen molar-refractivity contribution in [3.8, 4) is 17.2 Å². The molecule has 10 N–H and O–H groups in total. The van der Waals surface area contributed by atoms with Crippen molar-refractivity contribution in [1.29, 1.82) is 0 Å². The number of aliphatic carboxylic acids is 1. The highest BCUT2D eigenvalue weighted by Gasteiger charge is 2.30. The lowest BCUT2D eigenvalue weighted by atomic mass is 10.0. The highest BCUT2D eigenvalue weighted by Crippen LogP contribution is 2.14. The fourth-order valence-corrected chi connectivity index (χ4v) is 4.14. The van der Waals surface area contributed by atoms with Crippen LogP contribution < -0.4 is 21.7 Å². The van der Waals surface area contributed by atoms with E-state index in [2.05, 4.69) is 16.0 Å². The second-order valence-corrected chi connectivity index (χ2v) is 9.92. The number of nitrogens with two attached hydrogens (primary N) is 1. The molecular weight excluding hydrogens is 560 g/mol. The van der Waals surface area contributed by atoms with Crippen LogP contribution in [-0.2, 0) is 38.4 Å². The van der Waals surface area contributed by atoms with Crippen molar-refractivity contribution in [2.45, 2.75) is 43.4 Å². The van der Waals surface area contributed by atoms with Crippen molar-refractivity contribution in [1.82, 2.24) is 16.0 Å². The third-order valence-electron chi connectivity index (χ3n) is 6.54. The van der Waals surface area contributed by atoms with Gasteiger partial charge in [-0.05, 0) is 59.5 Å². The lowest BCUT2D eigenvalue weighted by Gasteiger charge is -2.24. The van der Waals surface area contributed by atoms with Gasteiger partial charge in [0, 0.05) is 12.8 Å². The molecule has 0 fully saturated rings. The van der Waals surface area contributed by atoms with E-state index >= 15 is 0 Å². The molecule has 4 unspecified atom stereocenters. The average Bonchev–Trinajstić information content (AvgIpc) is 2.98. The van der Waals surface area contributed by atoms with Crippen molar-refractivity contribution in [3.05, 3.63) is 89.5 Å². The van der Waals surface area contributed by atoms with E-state index in [0.29, 0.717) is 16.7 Å². The molecule has 43 heavy (non-hydrogen) atoms. The normalized spacial score (nSPS) is 13.6. The number of amides is 3. The van der Waals surface area contributed by atoms with E-state index in [4.69, 9.17) is 5.73 Å². The number of carboxylic acids is 1. The van der Waals surface area contributed by atoms with Crippen LogP contribution in [0.5, 0.6) is 17.2 Å². The Morgan fingerprint density at radius 2 is 0.907 bits per heavy atom. The molecule has 13 nitrogen and oxygen atoms in total. The van der Waals surface area contributed by atoms with E-state index in [-0.39, 0.29) is 36.5 Å². The van der Waals surface area contributed by atoms with Crippen LogP contribution in [0.1, 0.15) is 16.7 Å². The topological polar surface area (TPSA) is 232 Å². The van der Waals surface area contributed by atoms with Crippen molar-refractivity contribution >= 4 is 23.7 Å². The molecule has 0 bridgehead atoms. The molecule has 4 atom stereocenters. The van der Waals surface area contributed by atoms with Crippen molar-refractivity contribution < 1.29 is 44.7 Å². The largest absolute Gasteiger partial charge is 0.508 e. The Morgan fingerprint density at radius 3 is 1.33 bits per heavy atom. The number of hydrogen-bond donors (Lipinski definition) is 9. The first kappa shape index (κ1) is 32.4. The van der Waals surface area contributed by atoms with Gasteiger partial charge in [0.1, 0.15) is 35.4 Å². The Balaban J connectivity index is 1.71. The number of hydrogen-bond acceptors (Lipinski definition) is 9. The maximum Gasteiger partial charge on any atom is 0.326 e. The zero-order valence-electron chi connectivity index (χ0n) is 23.0. The molecule has 0 aliphatic carbocycles. The molecule has 0 aromatic heterocycles. The Bertz CT molecular complexity index is 1400. The van der Waals surface area contributed by atoms with Gasteiger partial charge in [-0.2, -0.15) is 0 Å². The Labute approximate surface area is 247 Å². The summed E-state index contributed by atoms with van der Waals surface area (Å²) in [6.07, 6.45) is -0.104. The first-order valence-corrected chi connectivity index (χ1v) is 13.3. The Morgan fingerprint density at radius 1 is 0.558 bits per heavy atom. The van der Waals surface area contributed by atoms with E-state index in [1.807, 2.05) is 0 Å². The molecule has 0 spiro atoms. The average molecular weight is 595 g/mol. The van der Waals surface area contributed by atoms with Gasteiger partial charge in [0.25, 0.3) is 0 Å². The highest BCUT2D eigenvalue weighted by molar-refractivity contribution is 5.94. The number of aromatic hydroxyl groups is 3. The third-order valence-corrected chi connectivity index (χ3v) is 6.54. The lowest BCUT2D eigenvalue weighted by molar-refractivity contribution is -0.142. The Hall–Kier alpha value is -5.14. The number of aliphatic hydroxyl groups excluding tert-OH is 1. The fourth-order valence-electron chi connectivity index (χ4n) is 4.14. The predicted octanol–water partition coefficient (Wildman–Crippen LogP) is -0.310. The first-order chi connectivity index (χ1) is 20.4. The number of nitrogens with one attached hydrogen (secondary N) is 3. The van der Waals surface area contributed by atoms with Gasteiger partial charge in [-0.25, -0.2) is 4.79 Å². The van der Waals surface area contributed by atoms with Gasteiger partial charge < -0.3 is 47.2 Å². The molecule has 0 saturated heterocycles. The summed E-state index contributed by atoms with van der Waals surface area (Å²) in [5, 5.41) is 55.2. The molecule has 0 aliphatic rings. The van der Waals surface area contributed by atoms with Crippen LogP contribution in [0.2, 0.25) is 0 Å². The van der Waals surface area contributed by atoms with Gasteiger partial charge in [0.05, 0.1) is 12.6 Å². The lowest BCUT2D eigenvalue weighted by Crippen LogP contribution is -2.58. The quantitative estimate of drug-likeness (QED) is 0.118. The number of aliphatic hydroxyl groups is 1. The summed E-state index contributed by atoms with van der Waals surface area (Å²) in [7, 11) is 0. The van der Waals surface area contributed by atoms with Gasteiger partial charge in [-0.3, -0.25) is 14.4 Å². The van der Waals surface area contributed by atoms with Crippen LogP contribution in [0.15, 0.2) is 72.8 Å². The zero-order chi connectivity index (χ0) is 31.5. The van der Waals surface area contributed by atoms with E-state index in [9.17, 15) is 44.7 Å². The number of phenols is 3. The molecule has 0 radical (unpaired) electrons. The SMILES string of the molecule is NC(Cc1ccc(O)cc1)C(=O)NC(Cc1ccc(O)cc1)C(=O)NC(CO)C(=O)NC(Cc1ccc(O)cc1)C(=O)O. The van der Waals surface area contributed by atoms with Gasteiger partial charge >= 0.3 is 5.97 Å². The summed E-state index contributed by atoms with van der Waals surface area (Å²) in [5.41, 5.74) is 7.79. The molecule has 3 rings (SSSR count). The van der Waals surface area contributed by atoms with Gasteiger partial charge in [0.15, 0.2) is 0 Å². The smallest absolute Gasteiger partial charge is 0.326 e. The molecule has 0 aliphatic heterocycles. The predicted molar refractivity (Wildman–Crippen MR) is 154 cm³/mol. The fraction of sp³-hybridized carbons (Fsp3) is 0.267. The van der Waals surface area contributed by atoms with Gasteiger partial charge in [-0.1, -0.05) is 36.4 Å². The summed E-state index contributed by atoms with van der Waals surface area (Å²) in [4.78, 5) is 51.0. The maximum atomic E-state index is 13.3. The van der Waals surface area contributed by atoms with Crippen LogP contribution in [-0.4, -0.2) is 80.0 Å². The van der Waals surface area contributed by atoms with Crippen LogP contribution in [0.3, 0.4) is 0 Å².